The van der Waals surface area contributed by atoms with E-state index in [1.807, 2.05) is 18.2 Å². The fourth-order valence-electron chi connectivity index (χ4n) is 1.18. The molecule has 0 bridgehead atoms. The Balaban J connectivity index is 0.00000196. The average molecular weight is 279 g/mol. The minimum atomic E-state index is 0. The molecule has 0 saturated heterocycles. The molecule has 1 radical (unpaired) electrons. The van der Waals surface area contributed by atoms with Gasteiger partial charge in [0.25, 0.3) is 0 Å². The Bertz CT molecular complexity index is 319. The molecule has 0 unspecified atom stereocenters. The van der Waals surface area contributed by atoms with E-state index in [1.54, 1.807) is 18.9 Å². The molecule has 1 aromatic rings. The minimum Gasteiger partial charge on any atom is -0.369 e. The van der Waals surface area contributed by atoms with Gasteiger partial charge in [-0.3, -0.25) is 4.79 Å². The van der Waals surface area contributed by atoms with Crippen molar-refractivity contribution in [2.75, 3.05) is 11.9 Å². The summed E-state index contributed by atoms with van der Waals surface area (Å²) in [6, 6.07) is 9.00. The molecule has 0 spiro atoms. The van der Waals surface area contributed by atoms with Crippen LogP contribution in [0.15, 0.2) is 18.2 Å². The number of rotatable bonds is 2. The van der Waals surface area contributed by atoms with Crippen molar-refractivity contribution < 1.29 is 37.5 Å². The van der Waals surface area contributed by atoms with Crippen LogP contribution in [0.25, 0.3) is 0 Å². The number of amides is 1. The Hall–Kier alpha value is -0.206. The quantitative estimate of drug-likeness (QED) is 0.762. The van der Waals surface area contributed by atoms with Gasteiger partial charge in [0.2, 0.25) is 5.91 Å². The zero-order valence-corrected chi connectivity index (χ0v) is 12.6. The SMILES string of the molecule is CC(=O)N(C)c1c[c-]c(C(C)C)cc1.[Y]. The number of carbonyl (C=O) groups excluding carboxylic acids is 1. The summed E-state index contributed by atoms with van der Waals surface area (Å²) < 4.78 is 0. The van der Waals surface area contributed by atoms with Crippen LogP contribution in [0, 0.1) is 6.07 Å². The van der Waals surface area contributed by atoms with E-state index in [2.05, 4.69) is 19.9 Å². The van der Waals surface area contributed by atoms with Crippen LogP contribution in [0.5, 0.6) is 0 Å². The zero-order chi connectivity index (χ0) is 10.7. The van der Waals surface area contributed by atoms with E-state index in [4.69, 9.17) is 0 Å². The van der Waals surface area contributed by atoms with Crippen molar-refractivity contribution in [3.63, 3.8) is 0 Å². The maximum atomic E-state index is 11.1. The van der Waals surface area contributed by atoms with E-state index in [9.17, 15) is 4.79 Å². The molecule has 0 N–H and O–H groups in total. The molecule has 3 heteroatoms. The van der Waals surface area contributed by atoms with E-state index in [-0.39, 0.29) is 38.6 Å². The third kappa shape index (κ3) is 4.04. The van der Waals surface area contributed by atoms with E-state index in [0.717, 1.165) is 5.69 Å². The number of carbonyl (C=O) groups is 1. The second-order valence-electron chi connectivity index (χ2n) is 3.73. The van der Waals surface area contributed by atoms with Crippen LogP contribution < -0.4 is 4.90 Å². The van der Waals surface area contributed by atoms with Gasteiger partial charge in [-0.25, -0.2) is 0 Å². The summed E-state index contributed by atoms with van der Waals surface area (Å²) in [4.78, 5) is 12.7. The molecular formula is C12H16NOY-. The van der Waals surface area contributed by atoms with Crippen molar-refractivity contribution in [3.8, 4) is 0 Å². The Kier molecular flexibility index (Phi) is 6.30. The van der Waals surface area contributed by atoms with Crippen molar-refractivity contribution in [2.45, 2.75) is 26.7 Å². The first-order valence-corrected chi connectivity index (χ1v) is 4.78. The standard InChI is InChI=1S/C12H16NO.Y/c1-9(2)11-5-7-12(8-6-11)13(4)10(3)14;/h5,7-9H,1-4H3;/q-1;. The smallest absolute Gasteiger partial charge is 0.212 e. The summed E-state index contributed by atoms with van der Waals surface area (Å²) in [7, 11) is 1.76. The molecule has 1 amide bonds. The molecular weight excluding hydrogens is 263 g/mol. The number of anilines is 1. The summed E-state index contributed by atoms with van der Waals surface area (Å²) in [5.41, 5.74) is 2.06. The van der Waals surface area contributed by atoms with Gasteiger partial charge in [0, 0.05) is 46.7 Å². The summed E-state index contributed by atoms with van der Waals surface area (Å²) in [6.45, 7) is 5.80. The van der Waals surface area contributed by atoms with Crippen LogP contribution in [-0.2, 0) is 37.5 Å². The molecule has 1 rings (SSSR count). The number of hydrogen-bond acceptors (Lipinski definition) is 1. The van der Waals surface area contributed by atoms with Crippen LogP contribution in [0.4, 0.5) is 5.69 Å². The zero-order valence-electron chi connectivity index (χ0n) is 9.74. The predicted molar refractivity (Wildman–Crippen MR) is 58.5 cm³/mol. The molecule has 0 aromatic heterocycles. The maximum absolute atomic E-state index is 11.1. The van der Waals surface area contributed by atoms with Crippen molar-refractivity contribution >= 4 is 11.6 Å². The van der Waals surface area contributed by atoms with Crippen LogP contribution in [-0.4, -0.2) is 13.0 Å². The second-order valence-corrected chi connectivity index (χ2v) is 3.73. The molecule has 0 fully saturated rings. The molecule has 0 aliphatic carbocycles. The Morgan fingerprint density at radius 2 is 2.00 bits per heavy atom. The van der Waals surface area contributed by atoms with Gasteiger partial charge in [0.05, 0.1) is 0 Å². The van der Waals surface area contributed by atoms with Crippen LogP contribution in [0.2, 0.25) is 0 Å². The Morgan fingerprint density at radius 3 is 2.33 bits per heavy atom. The van der Waals surface area contributed by atoms with Gasteiger partial charge in [-0.15, -0.1) is 6.07 Å². The fraction of sp³-hybridized carbons (Fsp3) is 0.417. The van der Waals surface area contributed by atoms with Gasteiger partial charge in [0.15, 0.2) is 0 Å². The van der Waals surface area contributed by atoms with Crippen molar-refractivity contribution in [2.24, 2.45) is 0 Å². The molecule has 1 aromatic carbocycles. The van der Waals surface area contributed by atoms with Crippen molar-refractivity contribution in [1.82, 2.24) is 0 Å². The van der Waals surface area contributed by atoms with E-state index < -0.39 is 0 Å². The largest absolute Gasteiger partial charge is 0.369 e. The summed E-state index contributed by atoms with van der Waals surface area (Å²) in [5, 5.41) is 0. The minimum absolute atomic E-state index is 0. The van der Waals surface area contributed by atoms with Gasteiger partial charge >= 0.3 is 0 Å². The van der Waals surface area contributed by atoms with Crippen LogP contribution in [0.1, 0.15) is 32.3 Å². The molecule has 79 valence electrons. The third-order valence-electron chi connectivity index (χ3n) is 2.30. The van der Waals surface area contributed by atoms with Crippen molar-refractivity contribution in [1.29, 1.82) is 0 Å². The number of benzene rings is 1. The first-order valence-electron chi connectivity index (χ1n) is 4.78. The Morgan fingerprint density at radius 1 is 1.40 bits per heavy atom. The monoisotopic (exact) mass is 279 g/mol. The van der Waals surface area contributed by atoms with E-state index >= 15 is 0 Å². The normalized spacial score (nSPS) is 9.67. The summed E-state index contributed by atoms with van der Waals surface area (Å²) in [6.07, 6.45) is 0. The molecule has 0 saturated carbocycles. The van der Waals surface area contributed by atoms with Gasteiger partial charge in [-0.2, -0.15) is 23.8 Å². The van der Waals surface area contributed by atoms with Crippen LogP contribution in [0.3, 0.4) is 0 Å². The van der Waals surface area contributed by atoms with Crippen molar-refractivity contribution in [3.05, 3.63) is 29.8 Å². The van der Waals surface area contributed by atoms with Gasteiger partial charge in [-0.1, -0.05) is 19.5 Å². The second kappa shape index (κ2) is 6.39. The Labute approximate surface area is 117 Å². The average Bonchev–Trinajstić information content (AvgIpc) is 2.16. The molecule has 0 heterocycles. The van der Waals surface area contributed by atoms with Gasteiger partial charge < -0.3 is 4.90 Å². The number of nitrogens with zero attached hydrogens (tertiary/aromatic N) is 1. The summed E-state index contributed by atoms with van der Waals surface area (Å²) in [5.74, 6) is 0.516. The topological polar surface area (TPSA) is 20.3 Å². The van der Waals surface area contributed by atoms with E-state index in [1.165, 1.54) is 5.56 Å². The molecule has 0 aliphatic heterocycles. The number of hydrogen-bond donors (Lipinski definition) is 0. The molecule has 0 aliphatic rings. The molecule has 15 heavy (non-hydrogen) atoms. The van der Waals surface area contributed by atoms with Crippen LogP contribution >= 0.6 is 0 Å². The molecule has 2 nitrogen and oxygen atoms in total. The fourth-order valence-corrected chi connectivity index (χ4v) is 1.18. The maximum Gasteiger partial charge on any atom is 0.212 e. The summed E-state index contributed by atoms with van der Waals surface area (Å²) >= 11 is 0. The van der Waals surface area contributed by atoms with E-state index in [0.29, 0.717) is 5.92 Å². The first kappa shape index (κ1) is 14.8. The molecule has 0 atom stereocenters. The first-order chi connectivity index (χ1) is 6.52. The van der Waals surface area contributed by atoms with Gasteiger partial charge in [-0.05, 0) is 5.92 Å². The van der Waals surface area contributed by atoms with Gasteiger partial charge in [0.1, 0.15) is 0 Å². The third-order valence-corrected chi connectivity index (χ3v) is 2.30. The predicted octanol–water partition coefficient (Wildman–Crippen LogP) is 2.59.